The van der Waals surface area contributed by atoms with E-state index in [-0.39, 0.29) is 0 Å². The normalized spacial score (nSPS) is 21.7. The second-order valence-electron chi connectivity index (χ2n) is 6.95. The van der Waals surface area contributed by atoms with Crippen LogP contribution in [0.25, 0.3) is 6.08 Å². The third-order valence-corrected chi connectivity index (χ3v) is 5.15. The Morgan fingerprint density at radius 1 is 1.12 bits per heavy atom. The number of para-hydroxylation sites is 1. The molecule has 3 rings (SSSR count). The monoisotopic (exact) mass is 324 g/mol. The minimum absolute atomic E-state index is 0.329. The van der Waals surface area contributed by atoms with Crippen LogP contribution in [-0.4, -0.2) is 13.2 Å². The molecule has 1 atom stereocenters. The Morgan fingerprint density at radius 2 is 1.92 bits per heavy atom. The zero-order chi connectivity index (χ0) is 16.9. The molecule has 1 unspecified atom stereocenters. The van der Waals surface area contributed by atoms with Gasteiger partial charge in [0.1, 0.15) is 0 Å². The molecule has 24 heavy (non-hydrogen) atoms. The van der Waals surface area contributed by atoms with Crippen LogP contribution in [0, 0.1) is 5.92 Å². The third-order valence-electron chi connectivity index (χ3n) is 5.15. The van der Waals surface area contributed by atoms with Crippen LogP contribution in [0.3, 0.4) is 0 Å². The molecule has 1 saturated carbocycles. The van der Waals surface area contributed by atoms with Gasteiger partial charge < -0.3 is 9.47 Å². The largest absolute Gasteiger partial charge is 0.493 e. The zero-order valence-electron chi connectivity index (χ0n) is 15.0. The van der Waals surface area contributed by atoms with Crippen LogP contribution >= 0.6 is 0 Å². The zero-order valence-corrected chi connectivity index (χ0v) is 15.0. The van der Waals surface area contributed by atoms with Gasteiger partial charge in [0.05, 0.1) is 13.2 Å². The number of rotatable bonds is 5. The topological polar surface area (TPSA) is 18.5 Å². The number of benzene rings is 1. The van der Waals surface area contributed by atoms with Gasteiger partial charge in [0.25, 0.3) is 0 Å². The summed E-state index contributed by atoms with van der Waals surface area (Å²) in [5.41, 5.74) is 3.98. The van der Waals surface area contributed by atoms with Gasteiger partial charge in [-0.2, -0.15) is 0 Å². The van der Waals surface area contributed by atoms with Gasteiger partial charge in [-0.15, -0.1) is 0 Å². The molecule has 0 N–H and O–H groups in total. The maximum absolute atomic E-state index is 6.30. The predicted molar refractivity (Wildman–Crippen MR) is 101 cm³/mol. The van der Waals surface area contributed by atoms with Crippen LogP contribution in [-0.2, 0) is 0 Å². The van der Waals surface area contributed by atoms with Crippen LogP contribution in [0.1, 0.15) is 51.5 Å². The van der Waals surface area contributed by atoms with Gasteiger partial charge in [0, 0.05) is 5.56 Å². The number of allylic oxidation sites excluding steroid dienone is 5. The highest BCUT2D eigenvalue weighted by atomic mass is 16.5. The molecule has 2 heteroatoms. The summed E-state index contributed by atoms with van der Waals surface area (Å²) in [6.45, 7) is 4.40. The lowest BCUT2D eigenvalue weighted by atomic mass is 9.90. The van der Waals surface area contributed by atoms with Crippen molar-refractivity contribution in [2.24, 2.45) is 5.92 Å². The van der Waals surface area contributed by atoms with Crippen molar-refractivity contribution in [1.29, 1.82) is 0 Å². The first-order valence-corrected chi connectivity index (χ1v) is 9.04. The minimum Gasteiger partial charge on any atom is -0.493 e. The van der Waals surface area contributed by atoms with E-state index in [1.165, 1.54) is 24.0 Å². The lowest BCUT2D eigenvalue weighted by Gasteiger charge is -2.19. The number of methoxy groups -OCH3 is 1. The Kier molecular flexibility index (Phi) is 5.44. The standard InChI is InChI=1S/C22H28O2/c1-16-11-12-18(15-17(16)2)13-14-19-7-6-10-21(23-3)22(19)24-20-8-4-5-9-20/h6-7,10-14,18,20H,4-5,8-9,15H2,1-3H3/b14-13+. The summed E-state index contributed by atoms with van der Waals surface area (Å²) in [6.07, 6.45) is 15.2. The highest BCUT2D eigenvalue weighted by molar-refractivity contribution is 5.63. The Labute approximate surface area is 145 Å². The average Bonchev–Trinajstić information content (AvgIpc) is 3.10. The van der Waals surface area contributed by atoms with Crippen LogP contribution in [0.4, 0.5) is 0 Å². The summed E-state index contributed by atoms with van der Waals surface area (Å²) in [4.78, 5) is 0. The van der Waals surface area contributed by atoms with Crippen molar-refractivity contribution in [3.8, 4) is 11.5 Å². The van der Waals surface area contributed by atoms with Crippen LogP contribution < -0.4 is 9.47 Å². The minimum atomic E-state index is 0.329. The van der Waals surface area contributed by atoms with Crippen molar-refractivity contribution in [3.63, 3.8) is 0 Å². The molecule has 2 aliphatic carbocycles. The SMILES string of the molecule is COc1cccc(/C=C/C2C=CC(C)=C(C)C2)c1OC1CCCC1. The highest BCUT2D eigenvalue weighted by Crippen LogP contribution is 2.36. The smallest absolute Gasteiger partial charge is 0.168 e. The van der Waals surface area contributed by atoms with Crippen molar-refractivity contribution in [3.05, 3.63) is 53.1 Å². The Balaban J connectivity index is 1.79. The summed E-state index contributed by atoms with van der Waals surface area (Å²) in [5.74, 6) is 2.18. The Morgan fingerprint density at radius 3 is 2.62 bits per heavy atom. The number of hydrogen-bond acceptors (Lipinski definition) is 2. The quantitative estimate of drug-likeness (QED) is 0.667. The summed E-state index contributed by atoms with van der Waals surface area (Å²) in [5, 5.41) is 0. The second-order valence-corrected chi connectivity index (χ2v) is 6.95. The van der Waals surface area contributed by atoms with Crippen molar-refractivity contribution >= 4 is 6.08 Å². The predicted octanol–water partition coefficient (Wildman–Crippen LogP) is 5.94. The Hall–Kier alpha value is -1.96. The fraction of sp³-hybridized carbons (Fsp3) is 0.455. The van der Waals surface area contributed by atoms with Crippen LogP contribution in [0.5, 0.6) is 11.5 Å². The lowest BCUT2D eigenvalue weighted by molar-refractivity contribution is 0.200. The van der Waals surface area contributed by atoms with Crippen LogP contribution in [0.2, 0.25) is 0 Å². The molecule has 1 aromatic rings. The van der Waals surface area contributed by atoms with E-state index in [2.05, 4.69) is 44.2 Å². The summed E-state index contributed by atoms with van der Waals surface area (Å²) in [7, 11) is 1.71. The maximum Gasteiger partial charge on any atom is 0.168 e. The van der Waals surface area contributed by atoms with E-state index in [1.807, 2.05) is 12.1 Å². The summed E-state index contributed by atoms with van der Waals surface area (Å²) >= 11 is 0. The molecule has 0 saturated heterocycles. The molecule has 2 nitrogen and oxygen atoms in total. The molecule has 0 bridgehead atoms. The van der Waals surface area contributed by atoms with E-state index in [0.29, 0.717) is 12.0 Å². The second kappa shape index (κ2) is 7.74. The molecule has 0 spiro atoms. The molecule has 2 aliphatic rings. The molecule has 0 aliphatic heterocycles. The highest BCUT2D eigenvalue weighted by Gasteiger charge is 2.20. The molecular weight excluding hydrogens is 296 g/mol. The van der Waals surface area contributed by atoms with E-state index < -0.39 is 0 Å². The molecule has 128 valence electrons. The first-order valence-electron chi connectivity index (χ1n) is 9.04. The van der Waals surface area contributed by atoms with Gasteiger partial charge in [0.15, 0.2) is 11.5 Å². The van der Waals surface area contributed by atoms with E-state index in [4.69, 9.17) is 9.47 Å². The molecular formula is C22H28O2. The van der Waals surface area contributed by atoms with E-state index in [1.54, 1.807) is 7.11 Å². The van der Waals surface area contributed by atoms with Crippen molar-refractivity contribution in [2.45, 2.75) is 52.1 Å². The van der Waals surface area contributed by atoms with E-state index in [9.17, 15) is 0 Å². The Bertz CT molecular complexity index is 661. The average molecular weight is 324 g/mol. The molecule has 0 heterocycles. The van der Waals surface area contributed by atoms with Crippen molar-refractivity contribution < 1.29 is 9.47 Å². The fourth-order valence-electron chi connectivity index (χ4n) is 3.48. The number of ether oxygens (including phenoxy) is 2. The molecule has 0 amide bonds. The summed E-state index contributed by atoms with van der Waals surface area (Å²) < 4.78 is 11.8. The molecule has 0 radical (unpaired) electrons. The van der Waals surface area contributed by atoms with E-state index in [0.717, 1.165) is 36.3 Å². The van der Waals surface area contributed by atoms with Crippen LogP contribution in [0.15, 0.2) is 47.6 Å². The molecule has 0 aromatic heterocycles. The first-order chi connectivity index (χ1) is 11.7. The van der Waals surface area contributed by atoms with E-state index >= 15 is 0 Å². The maximum atomic E-state index is 6.30. The lowest BCUT2D eigenvalue weighted by Crippen LogP contribution is -2.12. The van der Waals surface area contributed by atoms with Gasteiger partial charge in [0.2, 0.25) is 0 Å². The molecule has 1 fully saturated rings. The third kappa shape index (κ3) is 3.92. The van der Waals surface area contributed by atoms with Gasteiger partial charge >= 0.3 is 0 Å². The van der Waals surface area contributed by atoms with Crippen molar-refractivity contribution in [2.75, 3.05) is 7.11 Å². The first kappa shape index (κ1) is 16.9. The van der Waals surface area contributed by atoms with Crippen molar-refractivity contribution in [1.82, 2.24) is 0 Å². The fourth-order valence-corrected chi connectivity index (χ4v) is 3.48. The number of hydrogen-bond donors (Lipinski definition) is 0. The van der Waals surface area contributed by atoms with Gasteiger partial charge in [-0.1, -0.05) is 47.6 Å². The molecule has 1 aromatic carbocycles. The van der Waals surface area contributed by atoms with Gasteiger partial charge in [-0.3, -0.25) is 0 Å². The van der Waals surface area contributed by atoms with Gasteiger partial charge in [-0.25, -0.2) is 0 Å². The summed E-state index contributed by atoms with van der Waals surface area (Å²) in [6, 6.07) is 6.13. The van der Waals surface area contributed by atoms with Gasteiger partial charge in [-0.05, 0) is 57.9 Å².